The summed E-state index contributed by atoms with van der Waals surface area (Å²) in [4.78, 5) is 16.0. The first-order valence-electron chi connectivity index (χ1n) is 6.46. The van der Waals surface area contributed by atoms with Crippen LogP contribution < -0.4 is 0 Å². The Morgan fingerprint density at radius 1 is 1.06 bits per heavy atom. The van der Waals surface area contributed by atoms with Crippen LogP contribution in [0.2, 0.25) is 0 Å². The molecule has 0 bridgehead atoms. The van der Waals surface area contributed by atoms with Gasteiger partial charge in [-0.05, 0) is 44.8 Å². The molecule has 1 amide bonds. The molecule has 2 aliphatic heterocycles. The standard InChI is InChI=1S/C13H22N2O/c1-2-13(16)15-10-6-12(7-11-15)14-8-4-3-5-9-14/h2,12H,1,3-11H2. The van der Waals surface area contributed by atoms with Gasteiger partial charge < -0.3 is 9.80 Å². The van der Waals surface area contributed by atoms with Crippen LogP contribution in [0.5, 0.6) is 0 Å². The number of hydrogen-bond donors (Lipinski definition) is 0. The van der Waals surface area contributed by atoms with Crippen molar-refractivity contribution in [2.75, 3.05) is 26.2 Å². The Hall–Kier alpha value is -0.830. The lowest BCUT2D eigenvalue weighted by atomic mass is 10.00. The van der Waals surface area contributed by atoms with E-state index in [1.807, 2.05) is 4.90 Å². The van der Waals surface area contributed by atoms with Crippen molar-refractivity contribution in [3.8, 4) is 0 Å². The third-order valence-electron chi connectivity index (χ3n) is 3.86. The van der Waals surface area contributed by atoms with Crippen LogP contribution in [0.3, 0.4) is 0 Å². The van der Waals surface area contributed by atoms with Crippen molar-refractivity contribution in [2.45, 2.75) is 38.1 Å². The first-order chi connectivity index (χ1) is 7.81. The fourth-order valence-electron chi connectivity index (χ4n) is 2.86. The lowest BCUT2D eigenvalue weighted by Crippen LogP contribution is -2.47. The molecule has 2 fully saturated rings. The van der Waals surface area contributed by atoms with E-state index in [1.54, 1.807) is 0 Å². The number of carbonyl (C=O) groups excluding carboxylic acids is 1. The summed E-state index contributed by atoms with van der Waals surface area (Å²) in [6.07, 6.45) is 7.81. The molecule has 0 aromatic carbocycles. The lowest BCUT2D eigenvalue weighted by molar-refractivity contribution is -0.127. The maximum absolute atomic E-state index is 11.4. The second-order valence-electron chi connectivity index (χ2n) is 4.86. The molecular weight excluding hydrogens is 200 g/mol. The predicted octanol–water partition coefficient (Wildman–Crippen LogP) is 1.65. The molecule has 0 atom stereocenters. The molecular formula is C13H22N2O. The summed E-state index contributed by atoms with van der Waals surface area (Å²) >= 11 is 0. The van der Waals surface area contributed by atoms with Crippen LogP contribution in [0.1, 0.15) is 32.1 Å². The minimum absolute atomic E-state index is 0.0945. The van der Waals surface area contributed by atoms with Crippen molar-refractivity contribution in [3.05, 3.63) is 12.7 Å². The van der Waals surface area contributed by atoms with E-state index < -0.39 is 0 Å². The number of piperidine rings is 2. The lowest BCUT2D eigenvalue weighted by Gasteiger charge is -2.40. The molecule has 90 valence electrons. The number of carbonyl (C=O) groups is 1. The van der Waals surface area contributed by atoms with Crippen molar-refractivity contribution >= 4 is 5.91 Å². The summed E-state index contributed by atoms with van der Waals surface area (Å²) in [5, 5.41) is 0. The Bertz CT molecular complexity index is 251. The molecule has 0 spiro atoms. The second-order valence-corrected chi connectivity index (χ2v) is 4.86. The Kier molecular flexibility index (Phi) is 3.99. The van der Waals surface area contributed by atoms with Crippen LogP contribution in [-0.2, 0) is 4.79 Å². The molecule has 0 N–H and O–H groups in total. The summed E-state index contributed by atoms with van der Waals surface area (Å²) in [5.41, 5.74) is 0. The third kappa shape index (κ3) is 2.64. The fraction of sp³-hybridized carbons (Fsp3) is 0.769. The smallest absolute Gasteiger partial charge is 0.245 e. The highest BCUT2D eigenvalue weighted by molar-refractivity contribution is 5.87. The van der Waals surface area contributed by atoms with Gasteiger partial charge in [0.05, 0.1) is 0 Å². The van der Waals surface area contributed by atoms with Gasteiger partial charge in [-0.3, -0.25) is 4.79 Å². The molecule has 3 heteroatoms. The van der Waals surface area contributed by atoms with E-state index >= 15 is 0 Å². The van der Waals surface area contributed by atoms with Crippen LogP contribution in [0.25, 0.3) is 0 Å². The summed E-state index contributed by atoms with van der Waals surface area (Å²) in [5.74, 6) is 0.0945. The predicted molar refractivity (Wildman–Crippen MR) is 65.2 cm³/mol. The Morgan fingerprint density at radius 3 is 2.25 bits per heavy atom. The average molecular weight is 222 g/mol. The van der Waals surface area contributed by atoms with Gasteiger partial charge in [0.1, 0.15) is 0 Å². The quantitative estimate of drug-likeness (QED) is 0.663. The zero-order valence-corrected chi connectivity index (χ0v) is 10.0. The van der Waals surface area contributed by atoms with Gasteiger partial charge >= 0.3 is 0 Å². The molecule has 0 radical (unpaired) electrons. The van der Waals surface area contributed by atoms with Crippen LogP contribution in [0, 0.1) is 0 Å². The van der Waals surface area contributed by atoms with Gasteiger partial charge in [0.25, 0.3) is 0 Å². The van der Waals surface area contributed by atoms with Crippen molar-refractivity contribution < 1.29 is 4.79 Å². The fourth-order valence-corrected chi connectivity index (χ4v) is 2.86. The number of nitrogens with zero attached hydrogens (tertiary/aromatic N) is 2. The number of amides is 1. The molecule has 2 rings (SSSR count). The minimum Gasteiger partial charge on any atom is -0.339 e. The molecule has 0 unspecified atom stereocenters. The zero-order chi connectivity index (χ0) is 11.4. The normalized spacial score (nSPS) is 24.4. The van der Waals surface area contributed by atoms with Crippen molar-refractivity contribution in [1.82, 2.24) is 9.80 Å². The van der Waals surface area contributed by atoms with Crippen LogP contribution in [0.15, 0.2) is 12.7 Å². The van der Waals surface area contributed by atoms with Crippen molar-refractivity contribution in [1.29, 1.82) is 0 Å². The Morgan fingerprint density at radius 2 is 1.69 bits per heavy atom. The van der Waals surface area contributed by atoms with E-state index in [0.717, 1.165) is 25.9 Å². The Balaban J connectivity index is 1.80. The molecule has 0 aliphatic carbocycles. The molecule has 3 nitrogen and oxygen atoms in total. The summed E-state index contributed by atoms with van der Waals surface area (Å²) in [6, 6.07) is 0.717. The zero-order valence-electron chi connectivity index (χ0n) is 10.0. The van der Waals surface area contributed by atoms with Crippen LogP contribution in [0.4, 0.5) is 0 Å². The average Bonchev–Trinajstić information content (AvgIpc) is 2.39. The van der Waals surface area contributed by atoms with Crippen LogP contribution >= 0.6 is 0 Å². The van der Waals surface area contributed by atoms with Crippen LogP contribution in [-0.4, -0.2) is 47.9 Å². The van der Waals surface area contributed by atoms with E-state index in [2.05, 4.69) is 11.5 Å². The van der Waals surface area contributed by atoms with E-state index in [9.17, 15) is 4.79 Å². The minimum atomic E-state index is 0.0945. The van der Waals surface area contributed by atoms with Gasteiger partial charge in [-0.2, -0.15) is 0 Å². The molecule has 0 saturated carbocycles. The summed E-state index contributed by atoms with van der Waals surface area (Å²) in [7, 11) is 0. The maximum Gasteiger partial charge on any atom is 0.245 e. The second kappa shape index (κ2) is 5.48. The maximum atomic E-state index is 11.4. The topological polar surface area (TPSA) is 23.6 Å². The van der Waals surface area contributed by atoms with E-state index in [1.165, 1.54) is 38.4 Å². The molecule has 2 aliphatic rings. The van der Waals surface area contributed by atoms with Gasteiger partial charge in [0.2, 0.25) is 5.91 Å². The number of hydrogen-bond acceptors (Lipinski definition) is 2. The third-order valence-corrected chi connectivity index (χ3v) is 3.86. The molecule has 16 heavy (non-hydrogen) atoms. The van der Waals surface area contributed by atoms with Gasteiger partial charge in [-0.25, -0.2) is 0 Å². The molecule has 2 heterocycles. The van der Waals surface area contributed by atoms with Gasteiger partial charge in [-0.1, -0.05) is 13.0 Å². The first kappa shape index (κ1) is 11.6. The Labute approximate surface area is 98.1 Å². The largest absolute Gasteiger partial charge is 0.339 e. The van der Waals surface area contributed by atoms with Crippen molar-refractivity contribution in [3.63, 3.8) is 0 Å². The van der Waals surface area contributed by atoms with Crippen molar-refractivity contribution in [2.24, 2.45) is 0 Å². The molecule has 0 aromatic rings. The van der Waals surface area contributed by atoms with E-state index in [-0.39, 0.29) is 5.91 Å². The highest BCUT2D eigenvalue weighted by Crippen LogP contribution is 2.20. The highest BCUT2D eigenvalue weighted by atomic mass is 16.2. The van der Waals surface area contributed by atoms with E-state index in [4.69, 9.17) is 0 Å². The SMILES string of the molecule is C=CC(=O)N1CCC(N2CCCCC2)CC1. The number of likely N-dealkylation sites (tertiary alicyclic amines) is 2. The monoisotopic (exact) mass is 222 g/mol. The molecule has 2 saturated heterocycles. The first-order valence-corrected chi connectivity index (χ1v) is 6.46. The molecule has 0 aromatic heterocycles. The highest BCUT2D eigenvalue weighted by Gasteiger charge is 2.26. The van der Waals surface area contributed by atoms with Gasteiger partial charge in [-0.15, -0.1) is 0 Å². The summed E-state index contributed by atoms with van der Waals surface area (Å²) in [6.45, 7) is 7.89. The number of rotatable bonds is 2. The van der Waals surface area contributed by atoms with Gasteiger partial charge in [0.15, 0.2) is 0 Å². The van der Waals surface area contributed by atoms with E-state index in [0.29, 0.717) is 6.04 Å². The van der Waals surface area contributed by atoms with Gasteiger partial charge in [0, 0.05) is 19.1 Å². The summed E-state index contributed by atoms with van der Waals surface area (Å²) < 4.78 is 0.